The maximum absolute atomic E-state index is 3.65. The minimum Gasteiger partial charge on any atom is -0.361 e. The van der Waals surface area contributed by atoms with Crippen molar-refractivity contribution in [3.63, 3.8) is 0 Å². The van der Waals surface area contributed by atoms with Gasteiger partial charge in [-0.2, -0.15) is 0 Å². The highest BCUT2D eigenvalue weighted by Gasteiger charge is 2.25. The van der Waals surface area contributed by atoms with Crippen LogP contribution in [0.2, 0.25) is 0 Å². The molecule has 0 radical (unpaired) electrons. The molecule has 1 atom stereocenters. The van der Waals surface area contributed by atoms with Crippen molar-refractivity contribution in [3.05, 3.63) is 71.5 Å². The van der Waals surface area contributed by atoms with Crippen LogP contribution in [0, 0.1) is 0 Å². The van der Waals surface area contributed by atoms with Gasteiger partial charge in [0, 0.05) is 33.7 Å². The number of para-hydroxylation sites is 2. The first-order valence-corrected chi connectivity index (χ1v) is 8.04. The quantitative estimate of drug-likeness (QED) is 0.497. The van der Waals surface area contributed by atoms with E-state index in [1.807, 2.05) is 0 Å². The van der Waals surface area contributed by atoms with Gasteiger partial charge in [0.2, 0.25) is 0 Å². The number of aromatic nitrogens is 2. The van der Waals surface area contributed by atoms with Gasteiger partial charge in [0.25, 0.3) is 0 Å². The molecule has 1 aliphatic carbocycles. The van der Waals surface area contributed by atoms with E-state index in [-0.39, 0.29) is 0 Å². The number of benzene rings is 2. The van der Waals surface area contributed by atoms with Gasteiger partial charge in [0.15, 0.2) is 0 Å². The highest BCUT2D eigenvalue weighted by Crippen LogP contribution is 2.38. The fraction of sp³-hybridized carbons (Fsp3) is 0.200. The van der Waals surface area contributed by atoms with E-state index in [4.69, 9.17) is 0 Å². The van der Waals surface area contributed by atoms with Crippen LogP contribution in [0.25, 0.3) is 21.8 Å². The lowest BCUT2D eigenvalue weighted by atomic mass is 9.82. The number of nitrogens with one attached hydrogen (secondary N) is 2. The molecule has 0 spiro atoms. The lowest BCUT2D eigenvalue weighted by molar-refractivity contribution is 0.584. The number of fused-ring (bicyclic) bond motifs is 4. The molecule has 2 heterocycles. The molecule has 0 aliphatic heterocycles. The summed E-state index contributed by atoms with van der Waals surface area (Å²) in [6.07, 6.45) is 5.73. The zero-order chi connectivity index (χ0) is 14.5. The van der Waals surface area contributed by atoms with Crippen LogP contribution in [0.3, 0.4) is 0 Å². The fourth-order valence-corrected chi connectivity index (χ4v) is 4.08. The number of hydrogen-bond donors (Lipinski definition) is 2. The molecule has 2 aromatic heterocycles. The summed E-state index contributed by atoms with van der Waals surface area (Å²) in [5, 5.41) is 2.79. The molecule has 0 fully saturated rings. The summed E-state index contributed by atoms with van der Waals surface area (Å²) >= 11 is 0. The molecule has 108 valence electrons. The van der Waals surface area contributed by atoms with Crippen molar-refractivity contribution in [2.45, 2.75) is 25.2 Å². The molecular weight excluding hydrogens is 268 g/mol. The van der Waals surface area contributed by atoms with Crippen molar-refractivity contribution in [1.29, 1.82) is 0 Å². The average Bonchev–Trinajstić information content (AvgIpc) is 3.15. The monoisotopic (exact) mass is 286 g/mol. The highest BCUT2D eigenvalue weighted by molar-refractivity contribution is 5.86. The van der Waals surface area contributed by atoms with E-state index in [1.165, 1.54) is 51.5 Å². The van der Waals surface area contributed by atoms with Crippen molar-refractivity contribution in [1.82, 2.24) is 9.97 Å². The summed E-state index contributed by atoms with van der Waals surface area (Å²) in [5.41, 5.74) is 6.97. The summed E-state index contributed by atoms with van der Waals surface area (Å²) in [5.74, 6) is 0.608. The molecule has 0 bridgehead atoms. The van der Waals surface area contributed by atoms with E-state index in [2.05, 4.69) is 64.7 Å². The van der Waals surface area contributed by atoms with Gasteiger partial charge in [-0.25, -0.2) is 0 Å². The van der Waals surface area contributed by atoms with Gasteiger partial charge < -0.3 is 9.97 Å². The summed E-state index contributed by atoms with van der Waals surface area (Å²) < 4.78 is 0. The molecule has 2 nitrogen and oxygen atoms in total. The Bertz CT molecular complexity index is 974. The van der Waals surface area contributed by atoms with E-state index in [0.717, 1.165) is 6.42 Å². The standard InChI is InChI=1S/C20H18N2/c1-3-7-18-15(6-1)17(12-21-18)13-9-10-16-14-5-2-4-8-19(14)22-20(16)11-13/h1-8,12-13,21-22H,9-11H2/t13-/m0/s1. The van der Waals surface area contributed by atoms with Crippen LogP contribution in [0.4, 0.5) is 0 Å². The first-order chi connectivity index (χ1) is 10.9. The Morgan fingerprint density at radius 1 is 0.864 bits per heavy atom. The minimum atomic E-state index is 0.608. The van der Waals surface area contributed by atoms with E-state index < -0.39 is 0 Å². The number of aromatic amines is 2. The number of H-pyrrole nitrogens is 2. The Hall–Kier alpha value is -2.48. The van der Waals surface area contributed by atoms with Gasteiger partial charge in [0.05, 0.1) is 0 Å². The van der Waals surface area contributed by atoms with Crippen LogP contribution in [0.5, 0.6) is 0 Å². The molecule has 1 aliphatic rings. The highest BCUT2D eigenvalue weighted by atomic mass is 14.7. The second-order valence-corrected chi connectivity index (χ2v) is 6.36. The third kappa shape index (κ3) is 1.67. The van der Waals surface area contributed by atoms with E-state index in [9.17, 15) is 0 Å². The van der Waals surface area contributed by atoms with Crippen molar-refractivity contribution in [3.8, 4) is 0 Å². The molecule has 2 aromatic carbocycles. The van der Waals surface area contributed by atoms with Gasteiger partial charge >= 0.3 is 0 Å². The first-order valence-electron chi connectivity index (χ1n) is 8.04. The minimum absolute atomic E-state index is 0.608. The van der Waals surface area contributed by atoms with Crippen molar-refractivity contribution < 1.29 is 0 Å². The molecule has 2 heteroatoms. The third-order valence-corrected chi connectivity index (χ3v) is 5.16. The first kappa shape index (κ1) is 12.1. The third-order valence-electron chi connectivity index (χ3n) is 5.16. The topological polar surface area (TPSA) is 31.6 Å². The zero-order valence-corrected chi connectivity index (χ0v) is 12.4. The largest absolute Gasteiger partial charge is 0.361 e. The van der Waals surface area contributed by atoms with Crippen LogP contribution in [-0.2, 0) is 12.8 Å². The van der Waals surface area contributed by atoms with E-state index in [1.54, 1.807) is 0 Å². The fourth-order valence-electron chi connectivity index (χ4n) is 4.08. The summed E-state index contributed by atoms with van der Waals surface area (Å²) in [6.45, 7) is 0. The predicted molar refractivity (Wildman–Crippen MR) is 91.4 cm³/mol. The van der Waals surface area contributed by atoms with Crippen molar-refractivity contribution in [2.24, 2.45) is 0 Å². The molecule has 22 heavy (non-hydrogen) atoms. The van der Waals surface area contributed by atoms with Crippen LogP contribution >= 0.6 is 0 Å². The number of rotatable bonds is 1. The Labute approximate surface area is 129 Å². The Morgan fingerprint density at radius 3 is 2.55 bits per heavy atom. The van der Waals surface area contributed by atoms with Crippen molar-refractivity contribution >= 4 is 21.8 Å². The Kier molecular flexibility index (Phi) is 2.48. The molecule has 0 amide bonds. The maximum atomic E-state index is 3.65. The average molecular weight is 286 g/mol. The number of aryl methyl sites for hydroxylation is 1. The smallest absolute Gasteiger partial charge is 0.0458 e. The van der Waals surface area contributed by atoms with Gasteiger partial charge in [-0.15, -0.1) is 0 Å². The van der Waals surface area contributed by atoms with E-state index >= 15 is 0 Å². The van der Waals surface area contributed by atoms with E-state index in [0.29, 0.717) is 5.92 Å². The van der Waals surface area contributed by atoms with Crippen LogP contribution in [-0.4, -0.2) is 9.97 Å². The second-order valence-electron chi connectivity index (χ2n) is 6.36. The van der Waals surface area contributed by atoms with Gasteiger partial charge in [-0.3, -0.25) is 0 Å². The Balaban J connectivity index is 1.59. The molecule has 5 rings (SSSR count). The molecular formula is C20H18N2. The Morgan fingerprint density at radius 2 is 1.64 bits per heavy atom. The van der Waals surface area contributed by atoms with Gasteiger partial charge in [-0.05, 0) is 48.4 Å². The second kappa shape index (κ2) is 4.51. The summed E-state index contributed by atoms with van der Waals surface area (Å²) in [4.78, 5) is 7.07. The van der Waals surface area contributed by atoms with Crippen molar-refractivity contribution in [2.75, 3.05) is 0 Å². The van der Waals surface area contributed by atoms with Crippen LogP contribution < -0.4 is 0 Å². The van der Waals surface area contributed by atoms with Gasteiger partial charge in [-0.1, -0.05) is 36.4 Å². The van der Waals surface area contributed by atoms with Gasteiger partial charge in [0.1, 0.15) is 0 Å². The maximum Gasteiger partial charge on any atom is 0.0458 e. The molecule has 2 N–H and O–H groups in total. The molecule has 0 saturated heterocycles. The van der Waals surface area contributed by atoms with Crippen LogP contribution in [0.15, 0.2) is 54.7 Å². The lowest BCUT2D eigenvalue weighted by Gasteiger charge is -2.22. The zero-order valence-electron chi connectivity index (χ0n) is 12.4. The predicted octanol–water partition coefficient (Wildman–Crippen LogP) is 4.92. The van der Waals surface area contributed by atoms with Crippen LogP contribution in [0.1, 0.15) is 29.2 Å². The molecule has 4 aromatic rings. The summed E-state index contributed by atoms with van der Waals surface area (Å²) in [6, 6.07) is 17.3. The SMILES string of the molecule is c1ccc2c([C@H]3CCc4c([nH]c5ccccc45)C3)c[nH]c2c1. The normalized spacial score (nSPS) is 17.9. The lowest BCUT2D eigenvalue weighted by Crippen LogP contribution is -2.11. The molecule has 0 saturated carbocycles. The number of hydrogen-bond acceptors (Lipinski definition) is 0. The molecule has 0 unspecified atom stereocenters. The summed E-state index contributed by atoms with van der Waals surface area (Å²) in [7, 11) is 0.